The van der Waals surface area contributed by atoms with E-state index in [2.05, 4.69) is 25.1 Å². The Morgan fingerprint density at radius 2 is 1.94 bits per heavy atom. The third-order valence-corrected chi connectivity index (χ3v) is 9.00. The van der Waals surface area contributed by atoms with Crippen LogP contribution in [0.25, 0.3) is 0 Å². The summed E-state index contributed by atoms with van der Waals surface area (Å²) in [6, 6.07) is 11.9. The summed E-state index contributed by atoms with van der Waals surface area (Å²) in [5.41, 5.74) is 1.84. The van der Waals surface area contributed by atoms with E-state index in [4.69, 9.17) is 12.2 Å². The number of aryl methyl sites for hydroxylation is 1. The van der Waals surface area contributed by atoms with E-state index in [0.717, 1.165) is 30.2 Å². The van der Waals surface area contributed by atoms with Crippen molar-refractivity contribution in [2.45, 2.75) is 37.1 Å². The standard InChI is InChI=1S/C22H24N6O3S3/c1-2-19-24-25-21(33-19)26-34(30,31)17-8-6-16(7-9-17)23-22(32)27-11-14-10-15(13-27)18-4-3-5-20(29)28(18)12-14/h3-9,14-15H,2,10-13H2,1H3,(H,23,32)(H,25,26)/t14-,15-/m1/s1. The molecule has 2 aliphatic rings. The Kier molecular flexibility index (Phi) is 6.13. The van der Waals surface area contributed by atoms with Crippen LogP contribution in [0.15, 0.2) is 52.2 Å². The van der Waals surface area contributed by atoms with Crippen LogP contribution in [0.4, 0.5) is 10.8 Å². The number of piperidine rings is 1. The number of nitrogens with one attached hydrogen (secondary N) is 2. The maximum atomic E-state index is 12.7. The van der Waals surface area contributed by atoms with Gasteiger partial charge in [0.15, 0.2) is 5.11 Å². The predicted molar refractivity (Wildman–Crippen MR) is 136 cm³/mol. The highest BCUT2D eigenvalue weighted by molar-refractivity contribution is 7.93. The Labute approximate surface area is 206 Å². The number of hydrogen-bond acceptors (Lipinski definition) is 7. The lowest BCUT2D eigenvalue weighted by Crippen LogP contribution is -2.50. The van der Waals surface area contributed by atoms with Gasteiger partial charge in [0.25, 0.3) is 15.6 Å². The number of benzene rings is 1. The van der Waals surface area contributed by atoms with Crippen LogP contribution in [-0.4, -0.2) is 46.3 Å². The van der Waals surface area contributed by atoms with E-state index in [1.807, 2.05) is 23.6 Å². The number of sulfonamides is 1. The smallest absolute Gasteiger partial charge is 0.263 e. The molecule has 1 saturated heterocycles. The average Bonchev–Trinajstić information content (AvgIpc) is 3.27. The van der Waals surface area contributed by atoms with Gasteiger partial charge in [-0.15, -0.1) is 10.2 Å². The first-order chi connectivity index (χ1) is 16.3. The highest BCUT2D eigenvalue weighted by Crippen LogP contribution is 2.35. The highest BCUT2D eigenvalue weighted by Gasteiger charge is 2.35. The van der Waals surface area contributed by atoms with Gasteiger partial charge in [-0.05, 0) is 61.3 Å². The number of thiocarbonyl (C=S) groups is 1. The minimum absolute atomic E-state index is 0.0582. The maximum absolute atomic E-state index is 12.7. The molecule has 5 rings (SSSR count). The van der Waals surface area contributed by atoms with Gasteiger partial charge in [-0.3, -0.25) is 9.52 Å². The van der Waals surface area contributed by atoms with Crippen LogP contribution in [0.2, 0.25) is 0 Å². The summed E-state index contributed by atoms with van der Waals surface area (Å²) < 4.78 is 29.7. The van der Waals surface area contributed by atoms with Crippen molar-refractivity contribution in [1.29, 1.82) is 0 Å². The molecule has 2 aliphatic heterocycles. The molecule has 1 aromatic carbocycles. The van der Waals surface area contributed by atoms with Gasteiger partial charge in [0.1, 0.15) is 5.01 Å². The van der Waals surface area contributed by atoms with Gasteiger partial charge >= 0.3 is 0 Å². The van der Waals surface area contributed by atoms with Crippen molar-refractivity contribution < 1.29 is 8.42 Å². The van der Waals surface area contributed by atoms with Gasteiger partial charge in [0.2, 0.25) is 5.13 Å². The van der Waals surface area contributed by atoms with Gasteiger partial charge in [0.05, 0.1) is 4.90 Å². The molecule has 9 nitrogen and oxygen atoms in total. The Bertz CT molecular complexity index is 1380. The van der Waals surface area contributed by atoms with Gasteiger partial charge in [0, 0.05) is 43.0 Å². The third kappa shape index (κ3) is 4.57. The zero-order valence-corrected chi connectivity index (χ0v) is 20.9. The molecular weight excluding hydrogens is 492 g/mol. The largest absolute Gasteiger partial charge is 0.348 e. The molecule has 0 unspecified atom stereocenters. The number of aromatic nitrogens is 3. The SMILES string of the molecule is CCc1nnc(NS(=O)(=O)c2ccc(NC(=S)N3C[C@H]4C[C@H](C3)c3cccc(=O)n3C4)cc2)s1. The van der Waals surface area contributed by atoms with E-state index >= 15 is 0 Å². The van der Waals surface area contributed by atoms with Crippen molar-refractivity contribution >= 4 is 49.5 Å². The van der Waals surface area contributed by atoms with E-state index in [1.165, 1.54) is 23.5 Å². The number of rotatable bonds is 5. The van der Waals surface area contributed by atoms with Gasteiger partial charge in [-0.2, -0.15) is 0 Å². The third-order valence-electron chi connectivity index (χ3n) is 6.17. The van der Waals surface area contributed by atoms with Crippen molar-refractivity contribution in [1.82, 2.24) is 19.7 Å². The number of hydrogen-bond donors (Lipinski definition) is 2. The summed E-state index contributed by atoms with van der Waals surface area (Å²) >= 11 is 6.89. The molecule has 0 aliphatic carbocycles. The van der Waals surface area contributed by atoms with E-state index < -0.39 is 10.0 Å². The first kappa shape index (κ1) is 22.9. The monoisotopic (exact) mass is 516 g/mol. The molecule has 12 heteroatoms. The Morgan fingerprint density at radius 1 is 1.15 bits per heavy atom. The lowest BCUT2D eigenvalue weighted by Gasteiger charge is -2.43. The lowest BCUT2D eigenvalue weighted by molar-refractivity contribution is 0.180. The van der Waals surface area contributed by atoms with Crippen LogP contribution >= 0.6 is 23.6 Å². The summed E-state index contributed by atoms with van der Waals surface area (Å²) in [6.45, 7) is 4.16. The molecule has 178 valence electrons. The molecule has 2 aromatic heterocycles. The highest BCUT2D eigenvalue weighted by atomic mass is 32.2. The molecule has 2 N–H and O–H groups in total. The van der Waals surface area contributed by atoms with E-state index in [1.54, 1.807) is 18.2 Å². The van der Waals surface area contributed by atoms with E-state index in [-0.39, 0.29) is 21.5 Å². The molecule has 0 saturated carbocycles. The summed E-state index contributed by atoms with van der Waals surface area (Å²) in [4.78, 5) is 14.5. The minimum Gasteiger partial charge on any atom is -0.348 e. The van der Waals surface area contributed by atoms with Crippen molar-refractivity contribution in [3.63, 3.8) is 0 Å². The predicted octanol–water partition coefficient (Wildman–Crippen LogP) is 2.88. The molecule has 0 spiro atoms. The lowest BCUT2D eigenvalue weighted by atomic mass is 9.83. The fourth-order valence-corrected chi connectivity index (χ4v) is 6.77. The van der Waals surface area contributed by atoms with Crippen LogP contribution in [-0.2, 0) is 23.0 Å². The molecule has 2 bridgehead atoms. The number of anilines is 2. The summed E-state index contributed by atoms with van der Waals surface area (Å²) in [7, 11) is -3.76. The topological polar surface area (TPSA) is 109 Å². The van der Waals surface area contributed by atoms with Crippen molar-refractivity contribution in [2.24, 2.45) is 5.92 Å². The molecule has 34 heavy (non-hydrogen) atoms. The normalized spacial score (nSPS) is 19.4. The van der Waals surface area contributed by atoms with Crippen LogP contribution in [0, 0.1) is 5.92 Å². The second kappa shape index (κ2) is 9.08. The minimum atomic E-state index is -3.76. The molecular formula is C22H24N6O3S3. The summed E-state index contributed by atoms with van der Waals surface area (Å²) in [5.74, 6) is 0.617. The van der Waals surface area contributed by atoms with E-state index in [9.17, 15) is 13.2 Å². The fourth-order valence-electron chi connectivity index (χ4n) is 4.59. The van der Waals surface area contributed by atoms with Crippen LogP contribution in [0.3, 0.4) is 0 Å². The molecule has 1 fully saturated rings. The molecule has 0 radical (unpaired) electrons. The Morgan fingerprint density at radius 3 is 2.68 bits per heavy atom. The van der Waals surface area contributed by atoms with Gasteiger partial charge in [-0.25, -0.2) is 8.42 Å². The zero-order valence-electron chi connectivity index (χ0n) is 18.5. The quantitative estimate of drug-likeness (QED) is 0.499. The Balaban J connectivity index is 1.25. The zero-order chi connectivity index (χ0) is 23.9. The van der Waals surface area contributed by atoms with Gasteiger partial charge in [-0.1, -0.05) is 24.3 Å². The molecule has 0 amide bonds. The number of fused-ring (bicyclic) bond motifs is 4. The Hall–Kier alpha value is -2.83. The van der Waals surface area contributed by atoms with Crippen molar-refractivity contribution in [3.8, 4) is 0 Å². The number of nitrogens with zero attached hydrogens (tertiary/aromatic N) is 4. The summed E-state index contributed by atoms with van der Waals surface area (Å²) in [6.07, 6.45) is 1.75. The van der Waals surface area contributed by atoms with Gasteiger partial charge < -0.3 is 14.8 Å². The second-order valence-electron chi connectivity index (χ2n) is 8.52. The number of pyridine rings is 1. The average molecular weight is 517 g/mol. The first-order valence-electron chi connectivity index (χ1n) is 11.0. The number of likely N-dealkylation sites (tertiary alicyclic amines) is 1. The van der Waals surface area contributed by atoms with Crippen LogP contribution in [0.5, 0.6) is 0 Å². The molecule has 4 heterocycles. The molecule has 2 atom stereocenters. The molecule has 3 aromatic rings. The van der Waals surface area contributed by atoms with Crippen LogP contribution < -0.4 is 15.6 Å². The fraction of sp³-hybridized carbons (Fsp3) is 0.364. The maximum Gasteiger partial charge on any atom is 0.263 e. The first-order valence-corrected chi connectivity index (χ1v) is 13.7. The summed E-state index contributed by atoms with van der Waals surface area (Å²) in [5, 5.41) is 12.6. The van der Waals surface area contributed by atoms with Crippen molar-refractivity contribution in [3.05, 3.63) is 63.5 Å². The van der Waals surface area contributed by atoms with Crippen LogP contribution in [0.1, 0.15) is 30.0 Å². The second-order valence-corrected chi connectivity index (χ2v) is 11.6. The van der Waals surface area contributed by atoms with Crippen molar-refractivity contribution in [2.75, 3.05) is 23.1 Å². The van der Waals surface area contributed by atoms with E-state index in [0.29, 0.717) is 29.7 Å².